The fraction of sp³-hybridized carbons (Fsp3) is 0.462. The van der Waals surface area contributed by atoms with Crippen LogP contribution in [0.1, 0.15) is 86.5 Å². The maximum absolute atomic E-state index is 14.5. The van der Waals surface area contributed by atoms with Gasteiger partial charge in [0.1, 0.15) is 23.7 Å². The number of piperidine rings is 1. The van der Waals surface area contributed by atoms with E-state index in [2.05, 4.69) is 0 Å². The van der Waals surface area contributed by atoms with E-state index in [0.29, 0.717) is 54.2 Å². The van der Waals surface area contributed by atoms with Gasteiger partial charge in [-0.05, 0) is 104 Å². The van der Waals surface area contributed by atoms with E-state index >= 15 is 0 Å². The summed E-state index contributed by atoms with van der Waals surface area (Å²) in [5, 5.41) is 9.12. The van der Waals surface area contributed by atoms with Gasteiger partial charge in [0, 0.05) is 6.54 Å². The molecule has 1 heterocycles. The molecule has 1 N–H and O–H groups in total. The molecular weight excluding hydrogens is 629 g/mol. The van der Waals surface area contributed by atoms with Gasteiger partial charge in [-0.25, -0.2) is 14.0 Å². The first-order valence-corrected chi connectivity index (χ1v) is 17.2. The second-order valence-corrected chi connectivity index (χ2v) is 12.9. The molecule has 1 unspecified atom stereocenters. The van der Waals surface area contributed by atoms with E-state index in [4.69, 9.17) is 24.1 Å². The minimum absolute atomic E-state index is 0.0735. The van der Waals surface area contributed by atoms with E-state index in [-0.39, 0.29) is 17.6 Å². The van der Waals surface area contributed by atoms with Gasteiger partial charge in [-0.3, -0.25) is 4.79 Å². The number of benzene rings is 3. The van der Waals surface area contributed by atoms with E-state index in [1.54, 1.807) is 43.4 Å². The normalized spacial score (nSPS) is 17.9. The Morgan fingerprint density at radius 2 is 1.59 bits per heavy atom. The van der Waals surface area contributed by atoms with Crippen LogP contribution in [0.2, 0.25) is 0 Å². The molecule has 1 aliphatic heterocycles. The van der Waals surface area contributed by atoms with Crippen LogP contribution in [0.4, 0.5) is 4.39 Å². The zero-order chi connectivity index (χ0) is 34.8. The minimum Gasteiger partial charge on any atom is -0.493 e. The molecule has 49 heavy (non-hydrogen) atoms. The first-order valence-electron chi connectivity index (χ1n) is 17.2. The Hall–Kier alpha value is -4.60. The van der Waals surface area contributed by atoms with Crippen molar-refractivity contribution in [3.8, 4) is 17.2 Å². The molecule has 3 aromatic rings. The molecule has 1 saturated heterocycles. The predicted octanol–water partition coefficient (Wildman–Crippen LogP) is 7.27. The molecule has 1 saturated carbocycles. The Morgan fingerprint density at radius 3 is 2.33 bits per heavy atom. The van der Waals surface area contributed by atoms with Gasteiger partial charge >= 0.3 is 11.9 Å². The van der Waals surface area contributed by atoms with Crippen molar-refractivity contribution in [1.82, 2.24) is 4.90 Å². The number of carbonyl (C=O) groups is 3. The smallest absolute Gasteiger partial charge is 0.341 e. The van der Waals surface area contributed by atoms with Gasteiger partial charge in [0.05, 0.1) is 20.1 Å². The topological polar surface area (TPSA) is 112 Å². The summed E-state index contributed by atoms with van der Waals surface area (Å²) in [6.07, 6.45) is 7.13. The predicted molar refractivity (Wildman–Crippen MR) is 181 cm³/mol. The van der Waals surface area contributed by atoms with Gasteiger partial charge in [0.15, 0.2) is 18.1 Å². The Labute approximate surface area is 287 Å². The SMILES string of the molecule is COc1ccc(CC[C@@H](OC(=O)[C@@H]2CCCCN2C(=O)C(c2cccc(F)c2)C2CCCCC2)c2cccc(OCC(=O)O)c2)cc1OC. The van der Waals surface area contributed by atoms with Crippen LogP contribution in [-0.4, -0.2) is 61.3 Å². The molecule has 10 heteroatoms. The highest BCUT2D eigenvalue weighted by atomic mass is 19.1. The van der Waals surface area contributed by atoms with Crippen LogP contribution in [-0.2, 0) is 25.5 Å². The summed E-state index contributed by atoms with van der Waals surface area (Å²) >= 11 is 0. The van der Waals surface area contributed by atoms with Crippen LogP contribution in [0, 0.1) is 11.7 Å². The van der Waals surface area contributed by atoms with Gasteiger partial charge < -0.3 is 29.0 Å². The number of carboxylic acids is 1. The quantitative estimate of drug-likeness (QED) is 0.178. The second-order valence-electron chi connectivity index (χ2n) is 12.9. The van der Waals surface area contributed by atoms with E-state index in [1.807, 2.05) is 30.3 Å². The Kier molecular flexibility index (Phi) is 12.5. The third-order valence-corrected chi connectivity index (χ3v) is 9.65. The number of hydrogen-bond acceptors (Lipinski definition) is 7. The Morgan fingerprint density at radius 1 is 0.857 bits per heavy atom. The fourth-order valence-electron chi connectivity index (χ4n) is 7.20. The zero-order valence-corrected chi connectivity index (χ0v) is 28.3. The zero-order valence-electron chi connectivity index (χ0n) is 28.3. The van der Waals surface area contributed by atoms with Gasteiger partial charge in [-0.2, -0.15) is 0 Å². The molecule has 1 aliphatic carbocycles. The highest BCUT2D eigenvalue weighted by molar-refractivity contribution is 5.89. The molecule has 0 radical (unpaired) electrons. The number of amides is 1. The molecule has 0 bridgehead atoms. The van der Waals surface area contributed by atoms with Crippen LogP contribution in [0.25, 0.3) is 0 Å². The van der Waals surface area contributed by atoms with Crippen LogP contribution in [0.15, 0.2) is 66.7 Å². The lowest BCUT2D eigenvalue weighted by Gasteiger charge is -2.39. The largest absolute Gasteiger partial charge is 0.493 e. The monoisotopic (exact) mass is 675 g/mol. The Bertz CT molecular complexity index is 1590. The number of ether oxygens (including phenoxy) is 4. The summed E-state index contributed by atoms with van der Waals surface area (Å²) in [6, 6.07) is 18.0. The molecule has 0 spiro atoms. The van der Waals surface area contributed by atoms with Gasteiger partial charge in [-0.15, -0.1) is 0 Å². The molecule has 262 valence electrons. The number of carboxylic acid groups (broad SMARTS) is 1. The van der Waals surface area contributed by atoms with E-state index in [0.717, 1.165) is 50.5 Å². The second kappa shape index (κ2) is 17.2. The maximum atomic E-state index is 14.5. The first kappa shape index (κ1) is 35.7. The molecule has 0 aromatic heterocycles. The molecule has 1 amide bonds. The van der Waals surface area contributed by atoms with Gasteiger partial charge in [0.25, 0.3) is 0 Å². The molecule has 3 atom stereocenters. The lowest BCUT2D eigenvalue weighted by Crippen LogP contribution is -2.51. The number of likely N-dealkylation sites (tertiary alicyclic amines) is 1. The average Bonchev–Trinajstić information content (AvgIpc) is 3.13. The number of aryl methyl sites for hydroxylation is 1. The summed E-state index contributed by atoms with van der Waals surface area (Å²) in [6.45, 7) is -0.0852. The number of carbonyl (C=O) groups excluding carboxylic acids is 2. The molecule has 5 rings (SSSR count). The van der Waals surface area contributed by atoms with Crippen molar-refractivity contribution in [2.45, 2.75) is 82.3 Å². The van der Waals surface area contributed by atoms with Gasteiger partial charge in [-0.1, -0.05) is 49.6 Å². The number of nitrogens with zero attached hydrogens (tertiary/aromatic N) is 1. The number of aliphatic carboxylic acids is 1. The van der Waals surface area contributed by atoms with E-state index in [9.17, 15) is 18.8 Å². The summed E-state index contributed by atoms with van der Waals surface area (Å²) in [7, 11) is 3.14. The molecular formula is C39H46FNO8. The van der Waals surface area contributed by atoms with Crippen molar-refractivity contribution in [1.29, 1.82) is 0 Å². The lowest BCUT2D eigenvalue weighted by molar-refractivity contribution is -0.163. The Balaban J connectivity index is 1.40. The lowest BCUT2D eigenvalue weighted by atomic mass is 9.75. The van der Waals surface area contributed by atoms with E-state index < -0.39 is 36.6 Å². The van der Waals surface area contributed by atoms with Crippen LogP contribution >= 0.6 is 0 Å². The number of esters is 1. The van der Waals surface area contributed by atoms with Crippen molar-refractivity contribution in [3.05, 3.63) is 89.2 Å². The molecule has 9 nitrogen and oxygen atoms in total. The minimum atomic E-state index is -1.10. The van der Waals surface area contributed by atoms with Gasteiger partial charge in [0.2, 0.25) is 5.91 Å². The number of rotatable bonds is 14. The van der Waals surface area contributed by atoms with Crippen molar-refractivity contribution < 1.29 is 42.8 Å². The third kappa shape index (κ3) is 9.31. The van der Waals surface area contributed by atoms with Crippen molar-refractivity contribution in [2.24, 2.45) is 5.92 Å². The summed E-state index contributed by atoms with van der Waals surface area (Å²) in [4.78, 5) is 41.5. The standard InChI is InChI=1S/C39H46FNO8/c1-46-34-20-18-26(22-35(34)47-2)17-19-33(28-12-9-15-31(24-28)48-25-36(42)43)49-39(45)32-16-6-7-21-41(32)38(44)37(27-10-4-3-5-11-27)29-13-8-14-30(40)23-29/h8-9,12-15,18,20,22-24,27,32-33,37H,3-7,10-11,16-17,19,21,25H2,1-2H3,(H,42,43)/t32-,33+,37?/m0/s1. The van der Waals surface area contributed by atoms with Crippen molar-refractivity contribution in [2.75, 3.05) is 27.4 Å². The molecule has 3 aromatic carbocycles. The number of methoxy groups -OCH3 is 2. The fourth-order valence-corrected chi connectivity index (χ4v) is 7.20. The van der Waals surface area contributed by atoms with Crippen LogP contribution < -0.4 is 14.2 Å². The maximum Gasteiger partial charge on any atom is 0.341 e. The van der Waals surface area contributed by atoms with Crippen LogP contribution in [0.5, 0.6) is 17.2 Å². The molecule has 2 aliphatic rings. The van der Waals surface area contributed by atoms with Crippen LogP contribution in [0.3, 0.4) is 0 Å². The summed E-state index contributed by atoms with van der Waals surface area (Å²) < 4.78 is 37.0. The number of hydrogen-bond donors (Lipinski definition) is 1. The van der Waals surface area contributed by atoms with Crippen molar-refractivity contribution in [3.63, 3.8) is 0 Å². The third-order valence-electron chi connectivity index (χ3n) is 9.65. The summed E-state index contributed by atoms with van der Waals surface area (Å²) in [5.41, 5.74) is 2.24. The summed E-state index contributed by atoms with van der Waals surface area (Å²) in [5.74, 6) is -1.07. The number of halogens is 1. The average molecular weight is 676 g/mol. The highest BCUT2D eigenvalue weighted by Gasteiger charge is 2.41. The van der Waals surface area contributed by atoms with E-state index in [1.165, 1.54) is 12.1 Å². The highest BCUT2D eigenvalue weighted by Crippen LogP contribution is 2.39. The molecule has 2 fully saturated rings. The van der Waals surface area contributed by atoms with Crippen molar-refractivity contribution >= 4 is 17.8 Å². The first-order chi connectivity index (χ1) is 23.8.